The first-order chi connectivity index (χ1) is 13.8. The Morgan fingerprint density at radius 3 is 2.59 bits per heavy atom. The molecular formula is C21H25N3O3S2. The van der Waals surface area contributed by atoms with E-state index in [9.17, 15) is 13.2 Å². The summed E-state index contributed by atoms with van der Waals surface area (Å²) in [6.45, 7) is 4.79. The summed E-state index contributed by atoms with van der Waals surface area (Å²) in [7, 11) is -3.15. The zero-order valence-electron chi connectivity index (χ0n) is 16.6. The number of amides is 1. The molecule has 29 heavy (non-hydrogen) atoms. The summed E-state index contributed by atoms with van der Waals surface area (Å²) in [5, 5.41) is 3.09. The van der Waals surface area contributed by atoms with E-state index >= 15 is 0 Å². The van der Waals surface area contributed by atoms with Gasteiger partial charge in [0.15, 0.2) is 0 Å². The van der Waals surface area contributed by atoms with Gasteiger partial charge in [-0.3, -0.25) is 4.79 Å². The van der Waals surface area contributed by atoms with Crippen molar-refractivity contribution in [1.29, 1.82) is 0 Å². The molecule has 0 atom stereocenters. The SMILES string of the molecule is CCS(=O)(=O)N1CCC(c2c[nH]c3c(C(N)=O)cc(-c4cc(C)cs4)cc23)CC1. The van der Waals surface area contributed by atoms with Gasteiger partial charge in [-0.05, 0) is 72.9 Å². The third-order valence-electron chi connectivity index (χ3n) is 5.75. The van der Waals surface area contributed by atoms with Gasteiger partial charge in [0, 0.05) is 29.5 Å². The fourth-order valence-electron chi connectivity index (χ4n) is 4.14. The minimum Gasteiger partial charge on any atom is -0.366 e. The smallest absolute Gasteiger partial charge is 0.250 e. The topological polar surface area (TPSA) is 96.3 Å². The minimum atomic E-state index is -3.15. The Morgan fingerprint density at radius 1 is 1.28 bits per heavy atom. The quantitative estimate of drug-likeness (QED) is 0.642. The number of benzene rings is 1. The maximum absolute atomic E-state index is 12.2. The summed E-state index contributed by atoms with van der Waals surface area (Å²) in [6.07, 6.45) is 3.48. The van der Waals surface area contributed by atoms with Crippen LogP contribution in [0, 0.1) is 6.92 Å². The average molecular weight is 432 g/mol. The summed E-state index contributed by atoms with van der Waals surface area (Å²) in [6, 6.07) is 6.08. The van der Waals surface area contributed by atoms with Crippen LogP contribution < -0.4 is 5.73 Å². The number of carbonyl (C=O) groups is 1. The van der Waals surface area contributed by atoms with Gasteiger partial charge < -0.3 is 10.7 Å². The lowest BCUT2D eigenvalue weighted by Crippen LogP contribution is -2.38. The van der Waals surface area contributed by atoms with E-state index in [2.05, 4.69) is 22.5 Å². The number of aromatic amines is 1. The number of fused-ring (bicyclic) bond motifs is 1. The monoisotopic (exact) mass is 431 g/mol. The van der Waals surface area contributed by atoms with Gasteiger partial charge in [0.2, 0.25) is 10.0 Å². The van der Waals surface area contributed by atoms with Crippen LogP contribution in [0.1, 0.15) is 47.2 Å². The number of piperidine rings is 1. The average Bonchev–Trinajstić information content (AvgIpc) is 3.33. The molecule has 1 amide bonds. The van der Waals surface area contributed by atoms with Crippen LogP contribution in [0.5, 0.6) is 0 Å². The lowest BCUT2D eigenvalue weighted by molar-refractivity contribution is 0.100. The molecule has 4 rings (SSSR count). The molecule has 8 heteroatoms. The van der Waals surface area contributed by atoms with E-state index in [1.807, 2.05) is 19.2 Å². The molecule has 3 aromatic rings. The molecule has 0 spiro atoms. The Labute approximate surface area is 174 Å². The maximum atomic E-state index is 12.2. The molecule has 3 N–H and O–H groups in total. The van der Waals surface area contributed by atoms with Crippen molar-refractivity contribution in [3.8, 4) is 10.4 Å². The Bertz CT molecular complexity index is 1170. The summed E-state index contributed by atoms with van der Waals surface area (Å²) in [5.74, 6) is -0.0773. The molecule has 1 fully saturated rings. The number of carbonyl (C=O) groups excluding carboxylic acids is 1. The molecule has 1 aromatic carbocycles. The van der Waals surface area contributed by atoms with Crippen LogP contribution in [0.3, 0.4) is 0 Å². The van der Waals surface area contributed by atoms with Crippen molar-refractivity contribution < 1.29 is 13.2 Å². The predicted octanol–water partition coefficient (Wildman–Crippen LogP) is 3.83. The van der Waals surface area contributed by atoms with Crippen LogP contribution in [-0.4, -0.2) is 42.5 Å². The highest BCUT2D eigenvalue weighted by atomic mass is 32.2. The van der Waals surface area contributed by atoms with E-state index in [0.29, 0.717) is 18.7 Å². The molecule has 1 saturated heterocycles. The van der Waals surface area contributed by atoms with Gasteiger partial charge in [0.25, 0.3) is 5.91 Å². The lowest BCUT2D eigenvalue weighted by Gasteiger charge is -2.31. The molecule has 0 radical (unpaired) electrons. The highest BCUT2D eigenvalue weighted by molar-refractivity contribution is 7.89. The van der Waals surface area contributed by atoms with Gasteiger partial charge in [-0.15, -0.1) is 11.3 Å². The number of hydrogen-bond donors (Lipinski definition) is 2. The highest BCUT2D eigenvalue weighted by Gasteiger charge is 2.29. The maximum Gasteiger partial charge on any atom is 0.250 e. The summed E-state index contributed by atoms with van der Waals surface area (Å²) in [4.78, 5) is 16.5. The molecule has 0 aliphatic carbocycles. The number of sulfonamides is 1. The van der Waals surface area contributed by atoms with Crippen LogP contribution in [0.2, 0.25) is 0 Å². The number of rotatable bonds is 5. The van der Waals surface area contributed by atoms with E-state index < -0.39 is 15.9 Å². The fourth-order valence-corrected chi connectivity index (χ4v) is 6.16. The number of thiophene rings is 1. The third-order valence-corrected chi connectivity index (χ3v) is 8.73. The van der Waals surface area contributed by atoms with Gasteiger partial charge >= 0.3 is 0 Å². The van der Waals surface area contributed by atoms with Crippen molar-refractivity contribution in [3.05, 3.63) is 46.5 Å². The molecule has 0 unspecified atom stereocenters. The summed E-state index contributed by atoms with van der Waals surface area (Å²) >= 11 is 1.65. The number of nitrogens with zero attached hydrogens (tertiary/aromatic N) is 1. The Balaban J connectivity index is 1.73. The molecular weight excluding hydrogens is 406 g/mol. The number of nitrogens with one attached hydrogen (secondary N) is 1. The number of primary amides is 1. The van der Waals surface area contributed by atoms with Crippen molar-refractivity contribution in [2.24, 2.45) is 5.73 Å². The number of aryl methyl sites for hydroxylation is 1. The van der Waals surface area contributed by atoms with E-state index in [-0.39, 0.29) is 11.7 Å². The first-order valence-electron chi connectivity index (χ1n) is 9.78. The van der Waals surface area contributed by atoms with E-state index in [0.717, 1.165) is 39.7 Å². The summed E-state index contributed by atoms with van der Waals surface area (Å²) < 4.78 is 25.9. The number of hydrogen-bond acceptors (Lipinski definition) is 4. The van der Waals surface area contributed by atoms with Gasteiger partial charge in [-0.25, -0.2) is 12.7 Å². The van der Waals surface area contributed by atoms with Crippen molar-refractivity contribution in [2.45, 2.75) is 32.6 Å². The Kier molecular flexibility index (Phi) is 5.27. The second-order valence-corrected chi connectivity index (χ2v) is 10.8. The van der Waals surface area contributed by atoms with Crippen LogP contribution in [0.15, 0.2) is 29.8 Å². The lowest BCUT2D eigenvalue weighted by atomic mass is 9.89. The molecule has 154 valence electrons. The van der Waals surface area contributed by atoms with Crippen molar-refractivity contribution in [2.75, 3.05) is 18.8 Å². The second kappa shape index (κ2) is 7.59. The molecule has 2 aromatic heterocycles. The number of H-pyrrole nitrogens is 1. The van der Waals surface area contributed by atoms with Gasteiger partial charge in [0.1, 0.15) is 0 Å². The molecule has 6 nitrogen and oxygen atoms in total. The van der Waals surface area contributed by atoms with Crippen LogP contribution in [0.25, 0.3) is 21.3 Å². The van der Waals surface area contributed by atoms with Crippen molar-refractivity contribution in [3.63, 3.8) is 0 Å². The first-order valence-corrected chi connectivity index (χ1v) is 12.3. The zero-order chi connectivity index (χ0) is 20.8. The van der Waals surface area contributed by atoms with E-state index in [4.69, 9.17) is 5.73 Å². The fraction of sp³-hybridized carbons (Fsp3) is 0.381. The Morgan fingerprint density at radius 2 is 2.00 bits per heavy atom. The minimum absolute atomic E-state index is 0.135. The van der Waals surface area contributed by atoms with Gasteiger partial charge in [-0.1, -0.05) is 0 Å². The van der Waals surface area contributed by atoms with Crippen LogP contribution in [0.4, 0.5) is 0 Å². The zero-order valence-corrected chi connectivity index (χ0v) is 18.2. The predicted molar refractivity (Wildman–Crippen MR) is 118 cm³/mol. The second-order valence-electron chi connectivity index (χ2n) is 7.62. The molecule has 0 bridgehead atoms. The highest BCUT2D eigenvalue weighted by Crippen LogP contribution is 2.38. The van der Waals surface area contributed by atoms with Gasteiger partial charge in [-0.2, -0.15) is 0 Å². The van der Waals surface area contributed by atoms with E-state index in [1.54, 1.807) is 22.6 Å². The normalized spacial score (nSPS) is 16.5. The third kappa shape index (κ3) is 3.72. The molecule has 1 aliphatic heterocycles. The number of nitrogens with two attached hydrogens (primary N) is 1. The Hall–Kier alpha value is -2.16. The molecule has 3 heterocycles. The largest absolute Gasteiger partial charge is 0.366 e. The van der Waals surface area contributed by atoms with Gasteiger partial charge in [0.05, 0.1) is 16.8 Å². The van der Waals surface area contributed by atoms with E-state index in [1.165, 1.54) is 5.56 Å². The molecule has 1 aliphatic rings. The first kappa shape index (κ1) is 20.1. The van der Waals surface area contributed by atoms with Crippen LogP contribution >= 0.6 is 11.3 Å². The standard InChI is InChI=1S/C21H25N3O3S2/c1-3-29(26,27)24-6-4-14(5-7-24)18-11-23-20-16(18)9-15(10-17(20)21(22)25)19-8-13(2)12-28-19/h8-12,14,23H,3-7H2,1-2H3,(H2,22,25). The van der Waals surface area contributed by atoms with Crippen LogP contribution in [-0.2, 0) is 10.0 Å². The van der Waals surface area contributed by atoms with Crippen molar-refractivity contribution in [1.82, 2.24) is 9.29 Å². The summed E-state index contributed by atoms with van der Waals surface area (Å²) in [5.41, 5.74) is 10.2. The van der Waals surface area contributed by atoms with Crippen molar-refractivity contribution >= 4 is 38.2 Å². The molecule has 0 saturated carbocycles. The number of aromatic nitrogens is 1.